The molecule has 4 N–H and O–H groups in total. The lowest BCUT2D eigenvalue weighted by Crippen LogP contribution is -2.12. The minimum Gasteiger partial charge on any atom is -0.508 e. The second-order valence-corrected chi connectivity index (χ2v) is 3.11. The summed E-state index contributed by atoms with van der Waals surface area (Å²) in [6, 6.07) is 4.35. The number of aromatic hydroxyl groups is 1. The molecule has 0 aliphatic rings. The molecule has 0 spiro atoms. The summed E-state index contributed by atoms with van der Waals surface area (Å²) in [4.78, 5) is 10.9. The lowest BCUT2D eigenvalue weighted by molar-refractivity contribution is -0.138. The highest BCUT2D eigenvalue weighted by molar-refractivity contribution is 5.78. The third kappa shape index (κ3) is 1.96. The van der Waals surface area contributed by atoms with Gasteiger partial charge in [-0.1, -0.05) is 13.0 Å². The van der Waals surface area contributed by atoms with Crippen LogP contribution in [0.2, 0.25) is 0 Å². The summed E-state index contributed by atoms with van der Waals surface area (Å²) in [5, 5.41) is 18.0. The Morgan fingerprint density at radius 1 is 1.57 bits per heavy atom. The number of phenols is 1. The fourth-order valence-electron chi connectivity index (χ4n) is 1.41. The molecule has 14 heavy (non-hydrogen) atoms. The van der Waals surface area contributed by atoms with Crippen LogP contribution in [0.15, 0.2) is 18.2 Å². The molecule has 0 saturated heterocycles. The molecule has 0 aliphatic carbocycles. The van der Waals surface area contributed by atoms with Gasteiger partial charge in [0.25, 0.3) is 0 Å². The Labute approximate surface area is 82.0 Å². The predicted molar refractivity (Wildman–Crippen MR) is 53.2 cm³/mol. The summed E-state index contributed by atoms with van der Waals surface area (Å²) in [5.74, 6) is -1.45. The molecule has 0 bridgehead atoms. The number of carboxylic acid groups (broad SMARTS) is 1. The first-order chi connectivity index (χ1) is 6.56. The van der Waals surface area contributed by atoms with E-state index < -0.39 is 11.9 Å². The largest absolute Gasteiger partial charge is 0.508 e. The minimum atomic E-state index is -0.898. The number of rotatable bonds is 3. The number of carboxylic acids is 1. The first kappa shape index (κ1) is 10.4. The lowest BCUT2D eigenvalue weighted by atomic mass is 9.95. The van der Waals surface area contributed by atoms with Crippen LogP contribution in [0.5, 0.6) is 5.75 Å². The van der Waals surface area contributed by atoms with E-state index in [4.69, 9.17) is 15.9 Å². The van der Waals surface area contributed by atoms with Crippen LogP contribution in [0.1, 0.15) is 24.8 Å². The molecule has 0 fully saturated rings. The van der Waals surface area contributed by atoms with E-state index in [2.05, 4.69) is 0 Å². The molecule has 76 valence electrons. The van der Waals surface area contributed by atoms with Crippen LogP contribution in [-0.2, 0) is 4.79 Å². The number of nitrogen functional groups attached to an aromatic ring is 1. The third-order valence-electron chi connectivity index (χ3n) is 2.15. The van der Waals surface area contributed by atoms with Crippen molar-refractivity contribution in [2.75, 3.05) is 5.73 Å². The highest BCUT2D eigenvalue weighted by atomic mass is 16.4. The van der Waals surface area contributed by atoms with Crippen molar-refractivity contribution in [1.82, 2.24) is 0 Å². The van der Waals surface area contributed by atoms with Gasteiger partial charge in [-0.25, -0.2) is 0 Å². The third-order valence-corrected chi connectivity index (χ3v) is 2.15. The summed E-state index contributed by atoms with van der Waals surface area (Å²) in [6.07, 6.45) is 0.476. The normalized spacial score (nSPS) is 12.4. The average molecular weight is 195 g/mol. The second-order valence-electron chi connectivity index (χ2n) is 3.11. The highest BCUT2D eigenvalue weighted by Crippen LogP contribution is 2.28. The van der Waals surface area contributed by atoms with Crippen molar-refractivity contribution in [3.8, 4) is 5.75 Å². The number of hydrogen-bond donors (Lipinski definition) is 3. The molecule has 0 amide bonds. The van der Waals surface area contributed by atoms with Gasteiger partial charge in [-0.3, -0.25) is 4.79 Å². The molecule has 0 saturated carbocycles. The Balaban J connectivity index is 3.10. The van der Waals surface area contributed by atoms with Crippen molar-refractivity contribution in [3.05, 3.63) is 23.8 Å². The number of anilines is 1. The van der Waals surface area contributed by atoms with Gasteiger partial charge in [-0.15, -0.1) is 0 Å². The number of phenolic OH excluding ortho intramolecular Hbond substituents is 1. The van der Waals surface area contributed by atoms with E-state index in [-0.39, 0.29) is 5.75 Å². The first-order valence-corrected chi connectivity index (χ1v) is 4.37. The van der Waals surface area contributed by atoms with Crippen molar-refractivity contribution in [2.45, 2.75) is 19.3 Å². The van der Waals surface area contributed by atoms with E-state index in [1.807, 2.05) is 0 Å². The number of benzene rings is 1. The molecule has 0 aliphatic heterocycles. The van der Waals surface area contributed by atoms with Gasteiger partial charge in [0.2, 0.25) is 0 Å². The van der Waals surface area contributed by atoms with Crippen LogP contribution in [-0.4, -0.2) is 16.2 Å². The molecule has 4 nitrogen and oxygen atoms in total. The standard InChI is InChI=1S/C10H13NO3/c1-2-7(10(13)14)8-4-3-6(12)5-9(8)11/h3-5,7,12H,2,11H2,1H3,(H,13,14). The van der Waals surface area contributed by atoms with Gasteiger partial charge in [0.1, 0.15) is 5.75 Å². The summed E-state index contributed by atoms with van der Waals surface area (Å²) < 4.78 is 0. The van der Waals surface area contributed by atoms with Gasteiger partial charge in [0.05, 0.1) is 5.92 Å². The van der Waals surface area contributed by atoms with Crippen molar-refractivity contribution < 1.29 is 15.0 Å². The van der Waals surface area contributed by atoms with Crippen molar-refractivity contribution in [2.24, 2.45) is 0 Å². The summed E-state index contributed by atoms with van der Waals surface area (Å²) in [7, 11) is 0. The lowest BCUT2D eigenvalue weighted by Gasteiger charge is -2.12. The van der Waals surface area contributed by atoms with Crippen molar-refractivity contribution >= 4 is 11.7 Å². The average Bonchev–Trinajstić information content (AvgIpc) is 2.09. The molecule has 1 aromatic rings. The molecule has 1 unspecified atom stereocenters. The minimum absolute atomic E-state index is 0.0477. The van der Waals surface area contributed by atoms with Crippen LogP contribution in [0.4, 0.5) is 5.69 Å². The van der Waals surface area contributed by atoms with E-state index in [9.17, 15) is 4.79 Å². The highest BCUT2D eigenvalue weighted by Gasteiger charge is 2.19. The molecular weight excluding hydrogens is 182 g/mol. The van der Waals surface area contributed by atoms with Gasteiger partial charge in [0, 0.05) is 11.8 Å². The van der Waals surface area contributed by atoms with E-state index in [0.717, 1.165) is 0 Å². The Morgan fingerprint density at radius 3 is 2.64 bits per heavy atom. The van der Waals surface area contributed by atoms with Crippen molar-refractivity contribution in [1.29, 1.82) is 0 Å². The molecule has 1 rings (SSSR count). The zero-order chi connectivity index (χ0) is 10.7. The van der Waals surface area contributed by atoms with Crippen LogP contribution >= 0.6 is 0 Å². The van der Waals surface area contributed by atoms with Gasteiger partial charge in [0.15, 0.2) is 0 Å². The van der Waals surface area contributed by atoms with Crippen LogP contribution in [0, 0.1) is 0 Å². The van der Waals surface area contributed by atoms with E-state index in [1.54, 1.807) is 13.0 Å². The predicted octanol–water partition coefficient (Wildman–Crippen LogP) is 1.55. The topological polar surface area (TPSA) is 83.5 Å². The molecule has 4 heteroatoms. The van der Waals surface area contributed by atoms with E-state index in [1.165, 1.54) is 12.1 Å². The maximum Gasteiger partial charge on any atom is 0.311 e. The number of aliphatic carboxylic acids is 1. The quantitative estimate of drug-likeness (QED) is 0.639. The Hall–Kier alpha value is -1.71. The van der Waals surface area contributed by atoms with Gasteiger partial charge in [-0.05, 0) is 18.1 Å². The second kappa shape index (κ2) is 4.00. The molecule has 0 heterocycles. The molecule has 0 radical (unpaired) electrons. The summed E-state index contributed by atoms with van der Waals surface area (Å²) in [5.41, 5.74) is 6.48. The molecule has 1 aromatic carbocycles. The number of nitrogens with two attached hydrogens (primary N) is 1. The maximum atomic E-state index is 10.9. The summed E-state index contributed by atoms with van der Waals surface area (Å²) >= 11 is 0. The van der Waals surface area contributed by atoms with Crippen LogP contribution < -0.4 is 5.73 Å². The van der Waals surface area contributed by atoms with Gasteiger partial charge < -0.3 is 15.9 Å². The van der Waals surface area contributed by atoms with Crippen LogP contribution in [0.25, 0.3) is 0 Å². The SMILES string of the molecule is CCC(C(=O)O)c1ccc(O)cc1N. The molecule has 0 aromatic heterocycles. The number of carbonyl (C=O) groups is 1. The van der Waals surface area contributed by atoms with Gasteiger partial charge in [-0.2, -0.15) is 0 Å². The monoisotopic (exact) mass is 195 g/mol. The fraction of sp³-hybridized carbons (Fsp3) is 0.300. The Kier molecular flexibility index (Phi) is 2.96. The summed E-state index contributed by atoms with van der Waals surface area (Å²) in [6.45, 7) is 1.78. The van der Waals surface area contributed by atoms with E-state index >= 15 is 0 Å². The van der Waals surface area contributed by atoms with E-state index in [0.29, 0.717) is 17.7 Å². The molecular formula is C10H13NO3. The Morgan fingerprint density at radius 2 is 2.21 bits per heavy atom. The van der Waals surface area contributed by atoms with Crippen LogP contribution in [0.3, 0.4) is 0 Å². The molecule has 1 atom stereocenters. The zero-order valence-corrected chi connectivity index (χ0v) is 7.90. The first-order valence-electron chi connectivity index (χ1n) is 4.37. The number of hydrogen-bond acceptors (Lipinski definition) is 3. The zero-order valence-electron chi connectivity index (χ0n) is 7.90. The van der Waals surface area contributed by atoms with Gasteiger partial charge >= 0.3 is 5.97 Å². The smallest absolute Gasteiger partial charge is 0.311 e. The maximum absolute atomic E-state index is 10.9. The Bertz CT molecular complexity index is 349. The van der Waals surface area contributed by atoms with Crippen molar-refractivity contribution in [3.63, 3.8) is 0 Å². The fourth-order valence-corrected chi connectivity index (χ4v) is 1.41.